The van der Waals surface area contributed by atoms with Crippen molar-refractivity contribution in [2.45, 2.75) is 6.42 Å². The maximum atomic E-state index is 11.3. The van der Waals surface area contributed by atoms with Crippen LogP contribution in [0.5, 0.6) is 0 Å². The smallest absolute Gasteiger partial charge is 0.337 e. The first kappa shape index (κ1) is 12.7. The molecule has 0 saturated carbocycles. The van der Waals surface area contributed by atoms with Gasteiger partial charge >= 0.3 is 5.97 Å². The van der Waals surface area contributed by atoms with Gasteiger partial charge in [0.25, 0.3) is 0 Å². The first-order valence-corrected chi connectivity index (χ1v) is 6.15. The van der Waals surface area contributed by atoms with Gasteiger partial charge in [0.15, 0.2) is 0 Å². The van der Waals surface area contributed by atoms with Gasteiger partial charge < -0.3 is 20.6 Å². The number of carboxylic acids is 1. The van der Waals surface area contributed by atoms with Crippen molar-refractivity contribution < 1.29 is 9.90 Å². The molecular weight excluding hydrogens is 230 g/mol. The van der Waals surface area contributed by atoms with Crippen LogP contribution in [0.1, 0.15) is 16.8 Å². The number of carbonyl (C=O) groups is 1. The fourth-order valence-electron chi connectivity index (χ4n) is 2.36. The number of rotatable bonds is 2. The van der Waals surface area contributed by atoms with Crippen molar-refractivity contribution in [1.82, 2.24) is 4.90 Å². The Labute approximate surface area is 107 Å². The van der Waals surface area contributed by atoms with Crippen molar-refractivity contribution in [2.24, 2.45) is 0 Å². The van der Waals surface area contributed by atoms with Crippen molar-refractivity contribution in [3.8, 4) is 0 Å². The number of para-hydroxylation sites is 1. The maximum Gasteiger partial charge on any atom is 0.337 e. The van der Waals surface area contributed by atoms with Crippen molar-refractivity contribution >= 4 is 17.3 Å². The topological polar surface area (TPSA) is 69.8 Å². The van der Waals surface area contributed by atoms with Crippen LogP contribution in [0.15, 0.2) is 18.2 Å². The molecule has 1 heterocycles. The highest BCUT2D eigenvalue weighted by molar-refractivity contribution is 5.98. The molecule has 3 N–H and O–H groups in total. The highest BCUT2D eigenvalue weighted by Gasteiger charge is 2.20. The molecule has 0 spiro atoms. The molecule has 0 aromatic heterocycles. The van der Waals surface area contributed by atoms with Gasteiger partial charge in [-0.15, -0.1) is 0 Å². The van der Waals surface area contributed by atoms with E-state index in [1.165, 1.54) is 0 Å². The summed E-state index contributed by atoms with van der Waals surface area (Å²) < 4.78 is 0. The molecule has 1 aromatic carbocycles. The number of anilines is 2. The third kappa shape index (κ3) is 2.56. The van der Waals surface area contributed by atoms with Gasteiger partial charge in [-0.2, -0.15) is 0 Å². The number of benzene rings is 1. The predicted octanol–water partition coefficient (Wildman–Crippen LogP) is 1.11. The van der Waals surface area contributed by atoms with Crippen LogP contribution in [0, 0.1) is 0 Å². The van der Waals surface area contributed by atoms with E-state index in [4.69, 9.17) is 5.73 Å². The number of carboxylic acid groups (broad SMARTS) is 1. The molecule has 18 heavy (non-hydrogen) atoms. The highest BCUT2D eigenvalue weighted by atomic mass is 16.4. The van der Waals surface area contributed by atoms with Gasteiger partial charge in [0, 0.05) is 19.6 Å². The van der Waals surface area contributed by atoms with E-state index in [0.717, 1.165) is 32.6 Å². The third-order valence-electron chi connectivity index (χ3n) is 3.33. The summed E-state index contributed by atoms with van der Waals surface area (Å²) in [6.07, 6.45) is 1.02. The lowest BCUT2D eigenvalue weighted by Gasteiger charge is -2.25. The van der Waals surface area contributed by atoms with E-state index in [0.29, 0.717) is 16.9 Å². The minimum absolute atomic E-state index is 0.291. The average Bonchev–Trinajstić information content (AvgIpc) is 2.53. The molecule has 0 radical (unpaired) electrons. The monoisotopic (exact) mass is 249 g/mol. The minimum atomic E-state index is -0.921. The van der Waals surface area contributed by atoms with E-state index in [1.54, 1.807) is 18.2 Å². The van der Waals surface area contributed by atoms with E-state index >= 15 is 0 Å². The van der Waals surface area contributed by atoms with Crippen molar-refractivity contribution in [1.29, 1.82) is 0 Å². The summed E-state index contributed by atoms with van der Waals surface area (Å²) >= 11 is 0. The molecular formula is C13H19N3O2. The summed E-state index contributed by atoms with van der Waals surface area (Å²) in [5.41, 5.74) is 7.46. The largest absolute Gasteiger partial charge is 0.478 e. The van der Waals surface area contributed by atoms with E-state index in [1.807, 2.05) is 0 Å². The molecule has 1 aliphatic heterocycles. The Morgan fingerprint density at radius 3 is 2.78 bits per heavy atom. The van der Waals surface area contributed by atoms with Gasteiger partial charge in [-0.25, -0.2) is 4.79 Å². The van der Waals surface area contributed by atoms with E-state index in [-0.39, 0.29) is 0 Å². The van der Waals surface area contributed by atoms with E-state index < -0.39 is 5.97 Å². The molecule has 1 aromatic rings. The minimum Gasteiger partial charge on any atom is -0.478 e. The first-order chi connectivity index (χ1) is 8.59. The summed E-state index contributed by atoms with van der Waals surface area (Å²) in [6, 6.07) is 5.06. The van der Waals surface area contributed by atoms with Crippen LogP contribution >= 0.6 is 0 Å². The molecule has 0 aliphatic carbocycles. The second-order valence-electron chi connectivity index (χ2n) is 4.69. The summed E-state index contributed by atoms with van der Waals surface area (Å²) in [6.45, 7) is 3.61. The molecule has 0 unspecified atom stereocenters. The molecule has 0 amide bonds. The summed E-state index contributed by atoms with van der Waals surface area (Å²) in [5.74, 6) is -0.921. The SMILES string of the molecule is CN1CCCN(c2c(N)cccc2C(=O)O)CC1. The molecule has 0 bridgehead atoms. The maximum absolute atomic E-state index is 11.3. The number of nitrogens with two attached hydrogens (primary N) is 1. The molecule has 98 valence electrons. The van der Waals surface area contributed by atoms with Gasteiger partial charge in [0.1, 0.15) is 0 Å². The molecule has 1 saturated heterocycles. The number of nitrogens with zero attached hydrogens (tertiary/aromatic N) is 2. The Bertz CT molecular complexity index is 448. The van der Waals surface area contributed by atoms with Crippen LogP contribution in [-0.4, -0.2) is 49.2 Å². The Hall–Kier alpha value is -1.75. The molecule has 5 heteroatoms. The number of hydrogen-bond acceptors (Lipinski definition) is 4. The Morgan fingerprint density at radius 1 is 1.28 bits per heavy atom. The van der Waals surface area contributed by atoms with Gasteiger partial charge in [-0.1, -0.05) is 6.07 Å². The van der Waals surface area contributed by atoms with Crippen LogP contribution in [0.3, 0.4) is 0 Å². The van der Waals surface area contributed by atoms with Crippen molar-refractivity contribution in [3.05, 3.63) is 23.8 Å². The first-order valence-electron chi connectivity index (χ1n) is 6.15. The van der Waals surface area contributed by atoms with Crippen LogP contribution in [0.4, 0.5) is 11.4 Å². The predicted molar refractivity (Wildman–Crippen MR) is 72.1 cm³/mol. The second kappa shape index (κ2) is 5.27. The average molecular weight is 249 g/mol. The van der Waals surface area contributed by atoms with E-state index in [9.17, 15) is 9.90 Å². The van der Waals surface area contributed by atoms with Crippen LogP contribution < -0.4 is 10.6 Å². The lowest BCUT2D eigenvalue weighted by molar-refractivity contribution is 0.0697. The zero-order chi connectivity index (χ0) is 13.1. The normalized spacial score (nSPS) is 17.5. The molecule has 0 atom stereocenters. The van der Waals surface area contributed by atoms with Crippen LogP contribution in [-0.2, 0) is 0 Å². The Kier molecular flexibility index (Phi) is 3.72. The summed E-state index contributed by atoms with van der Waals surface area (Å²) in [5, 5.41) is 9.25. The van der Waals surface area contributed by atoms with E-state index in [2.05, 4.69) is 16.8 Å². The summed E-state index contributed by atoms with van der Waals surface area (Å²) in [4.78, 5) is 15.6. The number of hydrogen-bond donors (Lipinski definition) is 2. The number of nitrogen functional groups attached to an aromatic ring is 1. The molecule has 2 rings (SSSR count). The van der Waals surface area contributed by atoms with Gasteiger partial charge in [0.05, 0.1) is 16.9 Å². The van der Waals surface area contributed by atoms with Crippen LogP contribution in [0.25, 0.3) is 0 Å². The number of likely N-dealkylation sites (N-methyl/N-ethyl adjacent to an activating group) is 1. The third-order valence-corrected chi connectivity index (χ3v) is 3.33. The summed E-state index contributed by atoms with van der Waals surface area (Å²) in [7, 11) is 2.08. The van der Waals surface area contributed by atoms with Crippen LogP contribution in [0.2, 0.25) is 0 Å². The quantitative estimate of drug-likeness (QED) is 0.768. The molecule has 1 aliphatic rings. The fraction of sp³-hybridized carbons (Fsp3) is 0.462. The molecule has 1 fully saturated rings. The Balaban J connectivity index is 2.34. The lowest BCUT2D eigenvalue weighted by atomic mass is 10.1. The van der Waals surface area contributed by atoms with Gasteiger partial charge in [0.2, 0.25) is 0 Å². The van der Waals surface area contributed by atoms with Crippen molar-refractivity contribution in [2.75, 3.05) is 43.9 Å². The zero-order valence-corrected chi connectivity index (χ0v) is 10.6. The van der Waals surface area contributed by atoms with Crippen molar-refractivity contribution in [3.63, 3.8) is 0 Å². The van der Waals surface area contributed by atoms with Gasteiger partial charge in [-0.05, 0) is 32.1 Å². The zero-order valence-electron chi connectivity index (χ0n) is 10.6. The fourth-order valence-corrected chi connectivity index (χ4v) is 2.36. The highest BCUT2D eigenvalue weighted by Crippen LogP contribution is 2.28. The standard InChI is InChI=1S/C13H19N3O2/c1-15-6-3-7-16(9-8-15)12-10(13(17)18)4-2-5-11(12)14/h2,4-5H,3,6-9,14H2,1H3,(H,17,18). The number of aromatic carboxylic acids is 1. The molecule has 5 nitrogen and oxygen atoms in total. The Morgan fingerprint density at radius 2 is 2.06 bits per heavy atom. The second-order valence-corrected chi connectivity index (χ2v) is 4.69. The van der Waals surface area contributed by atoms with Gasteiger partial charge in [-0.3, -0.25) is 0 Å². The lowest BCUT2D eigenvalue weighted by Crippen LogP contribution is -2.30.